The van der Waals surface area contributed by atoms with E-state index in [0.29, 0.717) is 17.5 Å². The number of primary amides is 1. The van der Waals surface area contributed by atoms with Gasteiger partial charge < -0.3 is 20.5 Å². The minimum atomic E-state index is -0.510. The van der Waals surface area contributed by atoms with E-state index in [1.54, 1.807) is 13.2 Å². The Hall–Kier alpha value is -1.75. The van der Waals surface area contributed by atoms with Crippen LogP contribution in [0.5, 0.6) is 11.5 Å². The first kappa shape index (κ1) is 15.3. The van der Waals surface area contributed by atoms with Gasteiger partial charge in [-0.1, -0.05) is 13.0 Å². The van der Waals surface area contributed by atoms with Gasteiger partial charge >= 0.3 is 0 Å². The summed E-state index contributed by atoms with van der Waals surface area (Å²) in [6.45, 7) is 4.89. The van der Waals surface area contributed by atoms with E-state index in [1.807, 2.05) is 12.1 Å². The van der Waals surface area contributed by atoms with Gasteiger partial charge in [-0.05, 0) is 31.0 Å². The van der Waals surface area contributed by atoms with Crippen LogP contribution in [0.4, 0.5) is 0 Å². The Morgan fingerprint density at radius 1 is 1.42 bits per heavy atom. The fourth-order valence-electron chi connectivity index (χ4n) is 1.53. The number of methoxy groups -OCH3 is 1. The van der Waals surface area contributed by atoms with Crippen molar-refractivity contribution >= 4 is 5.91 Å². The third-order valence-electron chi connectivity index (χ3n) is 2.86. The summed E-state index contributed by atoms with van der Waals surface area (Å²) in [5, 5.41) is 3.40. The van der Waals surface area contributed by atoms with Crippen molar-refractivity contribution in [3.8, 4) is 11.5 Å². The number of ether oxygens (including phenoxy) is 2. The lowest BCUT2D eigenvalue weighted by Gasteiger charge is -2.14. The first-order valence-electron chi connectivity index (χ1n) is 6.38. The van der Waals surface area contributed by atoms with Crippen LogP contribution in [0.1, 0.15) is 25.8 Å². The molecule has 0 heterocycles. The molecule has 3 N–H and O–H groups in total. The second kappa shape index (κ2) is 7.63. The highest BCUT2D eigenvalue weighted by Gasteiger charge is 2.07. The second-order valence-electron chi connectivity index (χ2n) is 4.43. The number of benzene rings is 1. The molecule has 0 aliphatic carbocycles. The van der Waals surface area contributed by atoms with Crippen molar-refractivity contribution in [2.45, 2.75) is 32.9 Å². The van der Waals surface area contributed by atoms with E-state index in [2.05, 4.69) is 19.2 Å². The number of carbonyl (C=O) groups excluding carboxylic acids is 1. The standard InChI is InChI=1S/C14H22N2O3/c1-4-10(2)16-8-11-5-6-12(13(7-11)18-3)19-9-14(15)17/h5-7,10,16H,4,8-9H2,1-3H3,(H2,15,17). The number of carbonyl (C=O) groups is 1. The minimum Gasteiger partial charge on any atom is -0.493 e. The molecule has 106 valence electrons. The Kier molecular flexibility index (Phi) is 6.15. The quantitative estimate of drug-likeness (QED) is 0.747. The van der Waals surface area contributed by atoms with Gasteiger partial charge in [0.05, 0.1) is 7.11 Å². The average molecular weight is 266 g/mol. The number of hydrogen-bond acceptors (Lipinski definition) is 4. The van der Waals surface area contributed by atoms with Gasteiger partial charge in [-0.2, -0.15) is 0 Å². The molecule has 1 aromatic carbocycles. The molecule has 1 unspecified atom stereocenters. The molecular weight excluding hydrogens is 244 g/mol. The smallest absolute Gasteiger partial charge is 0.255 e. The highest BCUT2D eigenvalue weighted by Crippen LogP contribution is 2.28. The molecule has 0 aliphatic rings. The van der Waals surface area contributed by atoms with E-state index in [4.69, 9.17) is 15.2 Å². The van der Waals surface area contributed by atoms with Crippen LogP contribution in [-0.2, 0) is 11.3 Å². The molecule has 0 aromatic heterocycles. The van der Waals surface area contributed by atoms with Crippen LogP contribution in [0.25, 0.3) is 0 Å². The van der Waals surface area contributed by atoms with Crippen LogP contribution in [0.15, 0.2) is 18.2 Å². The number of nitrogens with two attached hydrogens (primary N) is 1. The largest absolute Gasteiger partial charge is 0.493 e. The molecule has 0 fully saturated rings. The molecule has 1 amide bonds. The first-order valence-corrected chi connectivity index (χ1v) is 6.38. The molecule has 1 atom stereocenters. The highest BCUT2D eigenvalue weighted by molar-refractivity contribution is 5.75. The summed E-state index contributed by atoms with van der Waals surface area (Å²) >= 11 is 0. The van der Waals surface area contributed by atoms with Gasteiger partial charge in [-0.25, -0.2) is 0 Å². The molecule has 5 heteroatoms. The van der Waals surface area contributed by atoms with Gasteiger partial charge in [-0.3, -0.25) is 4.79 Å². The van der Waals surface area contributed by atoms with Crippen molar-refractivity contribution in [1.82, 2.24) is 5.32 Å². The van der Waals surface area contributed by atoms with Crippen LogP contribution in [0.3, 0.4) is 0 Å². The first-order chi connectivity index (χ1) is 9.06. The maximum Gasteiger partial charge on any atom is 0.255 e. The van der Waals surface area contributed by atoms with E-state index in [9.17, 15) is 4.79 Å². The van der Waals surface area contributed by atoms with Crippen molar-refractivity contribution in [3.63, 3.8) is 0 Å². The third-order valence-corrected chi connectivity index (χ3v) is 2.86. The summed E-state index contributed by atoms with van der Waals surface area (Å²) in [5.41, 5.74) is 6.14. The monoisotopic (exact) mass is 266 g/mol. The van der Waals surface area contributed by atoms with E-state index in [0.717, 1.165) is 18.5 Å². The van der Waals surface area contributed by atoms with Crippen LogP contribution in [0.2, 0.25) is 0 Å². The van der Waals surface area contributed by atoms with Crippen molar-refractivity contribution < 1.29 is 14.3 Å². The summed E-state index contributed by atoms with van der Waals surface area (Å²) < 4.78 is 10.5. The molecule has 1 aromatic rings. The van der Waals surface area contributed by atoms with Gasteiger partial charge in [0.2, 0.25) is 0 Å². The molecule has 0 bridgehead atoms. The Labute approximate surface area is 114 Å². The Morgan fingerprint density at radius 2 is 2.16 bits per heavy atom. The van der Waals surface area contributed by atoms with Gasteiger partial charge in [0, 0.05) is 12.6 Å². The fraction of sp³-hybridized carbons (Fsp3) is 0.500. The zero-order valence-electron chi connectivity index (χ0n) is 11.7. The highest BCUT2D eigenvalue weighted by atomic mass is 16.5. The summed E-state index contributed by atoms with van der Waals surface area (Å²) in [5.74, 6) is 0.614. The van der Waals surface area contributed by atoms with Crippen LogP contribution >= 0.6 is 0 Å². The van der Waals surface area contributed by atoms with Gasteiger partial charge in [0.1, 0.15) is 0 Å². The van der Waals surface area contributed by atoms with Crippen LogP contribution < -0.4 is 20.5 Å². The summed E-state index contributed by atoms with van der Waals surface area (Å²) in [6, 6.07) is 6.09. The molecule has 0 saturated heterocycles. The van der Waals surface area contributed by atoms with Crippen molar-refractivity contribution in [2.24, 2.45) is 5.73 Å². The lowest BCUT2D eigenvalue weighted by Crippen LogP contribution is -2.24. The lowest BCUT2D eigenvalue weighted by atomic mass is 10.1. The lowest BCUT2D eigenvalue weighted by molar-refractivity contribution is -0.119. The summed E-state index contributed by atoms with van der Waals surface area (Å²) in [7, 11) is 1.57. The summed E-state index contributed by atoms with van der Waals surface area (Å²) in [4.78, 5) is 10.7. The SMILES string of the molecule is CCC(C)NCc1ccc(OCC(N)=O)c(OC)c1. The zero-order chi connectivity index (χ0) is 14.3. The van der Waals surface area contributed by atoms with E-state index >= 15 is 0 Å². The van der Waals surface area contributed by atoms with E-state index in [1.165, 1.54) is 0 Å². The number of rotatable bonds is 8. The minimum absolute atomic E-state index is 0.152. The average Bonchev–Trinajstić information content (AvgIpc) is 2.42. The van der Waals surface area contributed by atoms with Crippen molar-refractivity contribution in [1.29, 1.82) is 0 Å². The summed E-state index contributed by atoms with van der Waals surface area (Å²) in [6.07, 6.45) is 1.08. The number of amides is 1. The Morgan fingerprint density at radius 3 is 2.74 bits per heavy atom. The molecule has 0 saturated carbocycles. The van der Waals surface area contributed by atoms with Crippen LogP contribution in [-0.4, -0.2) is 25.7 Å². The van der Waals surface area contributed by atoms with Crippen molar-refractivity contribution in [3.05, 3.63) is 23.8 Å². The maximum absolute atomic E-state index is 10.7. The molecule has 19 heavy (non-hydrogen) atoms. The molecular formula is C14H22N2O3. The van der Waals surface area contributed by atoms with Gasteiger partial charge in [-0.15, -0.1) is 0 Å². The zero-order valence-corrected chi connectivity index (χ0v) is 11.7. The molecule has 0 radical (unpaired) electrons. The number of hydrogen-bond donors (Lipinski definition) is 2. The molecule has 0 spiro atoms. The van der Waals surface area contributed by atoms with Crippen LogP contribution in [0, 0.1) is 0 Å². The predicted molar refractivity (Wildman–Crippen MR) is 74.3 cm³/mol. The third kappa shape index (κ3) is 5.18. The van der Waals surface area contributed by atoms with Crippen molar-refractivity contribution in [2.75, 3.05) is 13.7 Å². The second-order valence-corrected chi connectivity index (χ2v) is 4.43. The van der Waals surface area contributed by atoms with E-state index in [-0.39, 0.29) is 6.61 Å². The normalized spacial score (nSPS) is 11.9. The fourth-order valence-corrected chi connectivity index (χ4v) is 1.53. The Balaban J connectivity index is 2.69. The molecule has 0 aliphatic heterocycles. The Bertz CT molecular complexity index is 421. The molecule has 5 nitrogen and oxygen atoms in total. The maximum atomic E-state index is 10.7. The van der Waals surface area contributed by atoms with E-state index < -0.39 is 5.91 Å². The predicted octanol–water partition coefficient (Wildman–Crippen LogP) is 1.45. The topological polar surface area (TPSA) is 73.6 Å². The molecule has 1 rings (SSSR count). The van der Waals surface area contributed by atoms with Gasteiger partial charge in [0.15, 0.2) is 18.1 Å². The van der Waals surface area contributed by atoms with Gasteiger partial charge in [0.25, 0.3) is 5.91 Å². The number of nitrogens with one attached hydrogen (secondary N) is 1.